The molecule has 0 fully saturated rings. The van der Waals surface area contributed by atoms with E-state index < -0.39 is 18.1 Å². The van der Waals surface area contributed by atoms with E-state index in [4.69, 9.17) is 12.2 Å². The topological polar surface area (TPSA) is 78.9 Å². The molecule has 0 aliphatic carbocycles. The van der Waals surface area contributed by atoms with E-state index in [2.05, 4.69) is 10.9 Å². The second-order valence-corrected chi connectivity index (χ2v) is 4.07. The van der Waals surface area contributed by atoms with E-state index in [1.165, 1.54) is 4.90 Å². The number of amidine groups is 1. The first kappa shape index (κ1) is 12.0. The summed E-state index contributed by atoms with van der Waals surface area (Å²) in [5.74, 6) is 2.78. The van der Waals surface area contributed by atoms with Crippen LogP contribution in [-0.2, 0) is 0 Å². The first-order valence-electron chi connectivity index (χ1n) is 5.46. The van der Waals surface area contributed by atoms with Gasteiger partial charge in [0.15, 0.2) is 0 Å². The van der Waals surface area contributed by atoms with Crippen LogP contribution < -0.4 is 5.73 Å². The van der Waals surface area contributed by atoms with Crippen molar-refractivity contribution in [3.63, 3.8) is 0 Å². The van der Waals surface area contributed by atoms with Gasteiger partial charge < -0.3 is 10.8 Å². The van der Waals surface area contributed by atoms with E-state index in [9.17, 15) is 9.90 Å². The molecule has 1 heterocycles. The largest absolute Gasteiger partial charge is 0.508 e. The lowest BCUT2D eigenvalue weighted by Gasteiger charge is -2.27. The molecule has 1 aromatic carbocycles. The van der Waals surface area contributed by atoms with Crippen LogP contribution in [0.1, 0.15) is 18.5 Å². The van der Waals surface area contributed by atoms with Crippen LogP contribution >= 0.6 is 0 Å². The first-order chi connectivity index (χ1) is 8.54. The van der Waals surface area contributed by atoms with Crippen LogP contribution in [0.4, 0.5) is 4.79 Å². The fourth-order valence-electron chi connectivity index (χ4n) is 1.98. The molecule has 0 aromatic heterocycles. The number of phenols is 1. The van der Waals surface area contributed by atoms with E-state index >= 15 is 0 Å². The number of hydrogen-bond donors (Lipinski definition) is 2. The van der Waals surface area contributed by atoms with E-state index in [0.29, 0.717) is 5.56 Å². The lowest BCUT2D eigenvalue weighted by Crippen LogP contribution is -2.38. The second kappa shape index (κ2) is 4.41. The molecule has 1 aliphatic rings. The highest BCUT2D eigenvalue weighted by Crippen LogP contribution is 2.30. The molecule has 1 aromatic rings. The van der Waals surface area contributed by atoms with Crippen LogP contribution in [0.25, 0.3) is 0 Å². The van der Waals surface area contributed by atoms with Crippen LogP contribution in [0.3, 0.4) is 0 Å². The Balaban J connectivity index is 2.44. The summed E-state index contributed by atoms with van der Waals surface area (Å²) < 4.78 is 0. The third-order valence-corrected chi connectivity index (χ3v) is 2.85. The number of nitrogens with two attached hydrogens (primary N) is 1. The predicted octanol–water partition coefficient (Wildman–Crippen LogP) is 1.25. The molecule has 0 spiro atoms. The van der Waals surface area contributed by atoms with Crippen LogP contribution in [-0.4, -0.2) is 27.9 Å². The van der Waals surface area contributed by atoms with Gasteiger partial charge in [-0.05, 0) is 24.6 Å². The van der Waals surface area contributed by atoms with Crippen molar-refractivity contribution >= 4 is 11.9 Å². The number of rotatable bonds is 2. The highest BCUT2D eigenvalue weighted by atomic mass is 16.3. The first-order valence-corrected chi connectivity index (χ1v) is 5.46. The van der Waals surface area contributed by atoms with Gasteiger partial charge in [-0.25, -0.2) is 4.79 Å². The molecule has 2 amide bonds. The van der Waals surface area contributed by atoms with Crippen molar-refractivity contribution in [1.29, 1.82) is 0 Å². The number of carbonyl (C=O) groups excluding carboxylic acids is 1. The van der Waals surface area contributed by atoms with Crippen molar-refractivity contribution in [2.45, 2.75) is 19.0 Å². The number of aromatic hydroxyl groups is 1. The molecular formula is C13H13N3O2. The predicted molar refractivity (Wildman–Crippen MR) is 68.0 cm³/mol. The van der Waals surface area contributed by atoms with Gasteiger partial charge in [-0.3, -0.25) is 4.90 Å². The van der Waals surface area contributed by atoms with Crippen molar-refractivity contribution in [3.05, 3.63) is 29.8 Å². The normalized spacial score (nSPS) is 20.4. The molecule has 0 radical (unpaired) electrons. The van der Waals surface area contributed by atoms with Gasteiger partial charge in [-0.1, -0.05) is 18.1 Å². The molecule has 18 heavy (non-hydrogen) atoms. The summed E-state index contributed by atoms with van der Waals surface area (Å²) in [5.41, 5.74) is 6.46. The third-order valence-electron chi connectivity index (χ3n) is 2.85. The van der Waals surface area contributed by atoms with E-state index in [0.717, 1.165) is 0 Å². The minimum atomic E-state index is -0.518. The molecule has 3 N–H and O–H groups in total. The lowest BCUT2D eigenvalue weighted by atomic mass is 10.0. The molecule has 2 atom stereocenters. The van der Waals surface area contributed by atoms with Gasteiger partial charge in [0, 0.05) is 0 Å². The maximum atomic E-state index is 11.8. The average Bonchev–Trinajstić information content (AvgIpc) is 2.63. The van der Waals surface area contributed by atoms with Crippen molar-refractivity contribution < 1.29 is 9.90 Å². The van der Waals surface area contributed by atoms with Gasteiger partial charge in [0.05, 0.1) is 6.04 Å². The number of urea groups is 1. The zero-order chi connectivity index (χ0) is 13.3. The van der Waals surface area contributed by atoms with Gasteiger partial charge in [-0.15, -0.1) is 6.42 Å². The van der Waals surface area contributed by atoms with Crippen molar-refractivity contribution in [3.8, 4) is 18.1 Å². The number of carbonyl (C=O) groups is 1. The number of aliphatic imine (C=N–C) groups is 1. The smallest absolute Gasteiger partial charge is 0.347 e. The molecule has 5 nitrogen and oxygen atoms in total. The summed E-state index contributed by atoms with van der Waals surface area (Å²) in [5, 5.41) is 9.48. The molecule has 92 valence electrons. The molecule has 2 unspecified atom stereocenters. The van der Waals surface area contributed by atoms with Crippen molar-refractivity contribution in [1.82, 2.24) is 4.90 Å². The van der Waals surface area contributed by atoms with Crippen molar-refractivity contribution in [2.75, 3.05) is 0 Å². The summed E-state index contributed by atoms with van der Waals surface area (Å²) in [6, 6.07) is 5.14. The highest BCUT2D eigenvalue weighted by Gasteiger charge is 2.37. The molecule has 2 rings (SSSR count). The number of phenolic OH excluding ortho intramolecular Hbond substituents is 1. The van der Waals surface area contributed by atoms with Crippen LogP contribution in [0.15, 0.2) is 29.3 Å². The number of terminal acetylenes is 1. The van der Waals surface area contributed by atoms with Crippen molar-refractivity contribution in [2.24, 2.45) is 10.7 Å². The Morgan fingerprint density at radius 3 is 2.94 bits per heavy atom. The fourth-order valence-corrected chi connectivity index (χ4v) is 1.98. The van der Waals surface area contributed by atoms with Gasteiger partial charge in [0.2, 0.25) is 0 Å². The Morgan fingerprint density at radius 1 is 1.61 bits per heavy atom. The molecule has 5 heteroatoms. The second-order valence-electron chi connectivity index (χ2n) is 4.07. The minimum Gasteiger partial charge on any atom is -0.508 e. The Bertz CT molecular complexity index is 560. The number of benzene rings is 1. The maximum Gasteiger partial charge on any atom is 0.347 e. The standard InChI is InChI=1S/C13H13N3O2/c1-3-8(2)16-11(12(14)15-13(16)18)9-5-4-6-10(17)7-9/h1,4-8,11,17H,2H3,(H2,14,15,18). The molecule has 1 aliphatic heterocycles. The van der Waals surface area contributed by atoms with Gasteiger partial charge in [-0.2, -0.15) is 4.99 Å². The quantitative estimate of drug-likeness (QED) is 0.767. The van der Waals surface area contributed by atoms with Crippen LogP contribution in [0.2, 0.25) is 0 Å². The number of hydrogen-bond acceptors (Lipinski definition) is 3. The lowest BCUT2D eigenvalue weighted by molar-refractivity contribution is 0.199. The summed E-state index contributed by atoms with van der Waals surface area (Å²) in [4.78, 5) is 16.9. The molecule has 0 saturated carbocycles. The summed E-state index contributed by atoms with van der Waals surface area (Å²) in [6.07, 6.45) is 5.34. The molecule has 0 bridgehead atoms. The van der Waals surface area contributed by atoms with E-state index in [1.54, 1.807) is 31.2 Å². The number of amides is 2. The Kier molecular flexibility index (Phi) is 2.94. The zero-order valence-corrected chi connectivity index (χ0v) is 9.87. The summed E-state index contributed by atoms with van der Waals surface area (Å²) >= 11 is 0. The summed E-state index contributed by atoms with van der Waals surface area (Å²) in [6.45, 7) is 1.72. The summed E-state index contributed by atoms with van der Waals surface area (Å²) in [7, 11) is 0. The SMILES string of the molecule is C#CC(C)N1C(=O)N=C(N)C1c1cccc(O)c1. The highest BCUT2D eigenvalue weighted by molar-refractivity contribution is 6.03. The van der Waals surface area contributed by atoms with E-state index in [1.807, 2.05) is 0 Å². The Labute approximate surface area is 105 Å². The molecule has 0 saturated heterocycles. The van der Waals surface area contributed by atoms with Gasteiger partial charge in [0.25, 0.3) is 0 Å². The van der Waals surface area contributed by atoms with Crippen LogP contribution in [0, 0.1) is 12.3 Å². The maximum absolute atomic E-state index is 11.8. The van der Waals surface area contributed by atoms with Crippen LogP contribution in [0.5, 0.6) is 5.75 Å². The third kappa shape index (κ3) is 1.89. The van der Waals surface area contributed by atoms with Gasteiger partial charge in [0.1, 0.15) is 17.6 Å². The minimum absolute atomic E-state index is 0.105. The Morgan fingerprint density at radius 2 is 2.33 bits per heavy atom. The monoisotopic (exact) mass is 243 g/mol. The number of nitrogens with zero attached hydrogens (tertiary/aromatic N) is 2. The van der Waals surface area contributed by atoms with E-state index in [-0.39, 0.29) is 11.6 Å². The molecular weight excluding hydrogens is 230 g/mol. The Hall–Kier alpha value is -2.48. The average molecular weight is 243 g/mol. The fraction of sp³-hybridized carbons (Fsp3) is 0.231. The zero-order valence-electron chi connectivity index (χ0n) is 9.87. The van der Waals surface area contributed by atoms with Gasteiger partial charge >= 0.3 is 6.03 Å².